The van der Waals surface area contributed by atoms with E-state index in [-0.39, 0.29) is 127 Å². The molecule has 0 amide bonds. The Morgan fingerprint density at radius 2 is 1.37 bits per heavy atom. The quantitative estimate of drug-likeness (QED) is 0.0279. The van der Waals surface area contributed by atoms with Gasteiger partial charge in [0.2, 0.25) is 0 Å². The van der Waals surface area contributed by atoms with Gasteiger partial charge in [0.05, 0.1) is 66.9 Å². The van der Waals surface area contributed by atoms with Crippen LogP contribution in [0.3, 0.4) is 0 Å². The normalized spacial score (nSPS) is 11.5. The SMILES string of the molecule is O=C1c2ccccc2-c2cc(=O)n(Cl)c3ccc(Nc4ccc(Nc5cc(Nc6cc(S(=O)(=O)[O-])ccc6SOO[O-])nc(O)n5)cc4SOO[O-])c1c23.[Na+].[Na+].[Na+]. The number of hydrogen-bond acceptors (Lipinski definition) is 19. The Morgan fingerprint density at radius 1 is 0.719 bits per heavy atom. The molecule has 7 rings (SSSR count). The van der Waals surface area contributed by atoms with E-state index in [4.69, 9.17) is 11.8 Å². The molecule has 2 heterocycles. The number of aromatic nitrogens is 3. The zero-order valence-electron chi connectivity index (χ0n) is 29.5. The molecule has 25 heteroatoms. The van der Waals surface area contributed by atoms with E-state index in [1.165, 1.54) is 24.3 Å². The first-order valence-electron chi connectivity index (χ1n) is 14.9. The minimum atomic E-state index is -4.88. The molecule has 0 bridgehead atoms. The summed E-state index contributed by atoms with van der Waals surface area (Å²) in [5.41, 5.74) is 2.56. The van der Waals surface area contributed by atoms with Crippen molar-refractivity contribution in [1.82, 2.24) is 14.1 Å². The van der Waals surface area contributed by atoms with E-state index in [0.717, 1.165) is 16.2 Å². The summed E-state index contributed by atoms with van der Waals surface area (Å²) in [4.78, 5) is 34.2. The van der Waals surface area contributed by atoms with E-state index < -0.39 is 26.6 Å². The van der Waals surface area contributed by atoms with Gasteiger partial charge in [0.25, 0.3) is 5.56 Å². The van der Waals surface area contributed by atoms with Crippen molar-refractivity contribution in [2.24, 2.45) is 0 Å². The van der Waals surface area contributed by atoms with E-state index in [0.29, 0.717) is 68.7 Å². The number of nitrogens with zero attached hydrogens (tertiary/aromatic N) is 3. The Morgan fingerprint density at radius 3 is 2.05 bits per heavy atom. The Bertz CT molecular complexity index is 2670. The molecule has 18 nitrogen and oxygen atoms in total. The van der Waals surface area contributed by atoms with Crippen LogP contribution in [-0.4, -0.2) is 37.9 Å². The van der Waals surface area contributed by atoms with Gasteiger partial charge in [-0.05, 0) is 59.7 Å². The average molecular weight is 879 g/mol. The summed E-state index contributed by atoms with van der Waals surface area (Å²) in [7, 11) is -4.88. The Labute approximate surface area is 401 Å². The molecule has 276 valence electrons. The maximum absolute atomic E-state index is 13.9. The molecule has 0 fully saturated rings. The fourth-order valence-electron chi connectivity index (χ4n) is 5.70. The molecule has 57 heavy (non-hydrogen) atoms. The van der Waals surface area contributed by atoms with E-state index in [1.54, 1.807) is 48.5 Å². The van der Waals surface area contributed by atoms with Gasteiger partial charge in [0.1, 0.15) is 21.8 Å². The van der Waals surface area contributed by atoms with Crippen molar-refractivity contribution < 1.29 is 141 Å². The standard InChI is InChI=1S/C32H21ClN6O12S3.3Na/c33-39-23-9-8-21(30-29(23)19(13-28(39)40)17-3-1-2-4-18(17)31(30)41)35-20-7-5-15(11-25(20)53-51-49-44)34-26-14-27(38-32(42)37-26)36-22-12-16(54(45,46)47)6-10-24(22)52-50-48-43;;;/h1-14,35,43-44H,(H,45,46,47)(H3,34,36,37,38,42);;;/q;3*+1/p-3. The number of nitrogens with one attached hydrogen (secondary N) is 3. The van der Waals surface area contributed by atoms with Gasteiger partial charge in [-0.1, -0.05) is 24.3 Å². The Hall–Kier alpha value is -2.30. The number of carbonyl (C=O) groups is 1. The minimum absolute atomic E-state index is 0. The summed E-state index contributed by atoms with van der Waals surface area (Å²) in [6, 6.07) is 19.8. The third-order valence-electron chi connectivity index (χ3n) is 7.86. The summed E-state index contributed by atoms with van der Waals surface area (Å²) in [5, 5.41) is 47.8. The number of ketones is 1. The maximum atomic E-state index is 13.9. The summed E-state index contributed by atoms with van der Waals surface area (Å²) in [6.07, 6.45) is 0. The van der Waals surface area contributed by atoms with Gasteiger partial charge in [-0.15, -0.1) is 0 Å². The molecule has 4 N–H and O–H groups in total. The summed E-state index contributed by atoms with van der Waals surface area (Å²) in [5.74, 6) is -0.407. The van der Waals surface area contributed by atoms with Crippen LogP contribution in [0.2, 0.25) is 0 Å². The number of carbonyl (C=O) groups excluding carboxylic acids is 1. The number of fused-ring (bicyclic) bond motifs is 2. The number of anilines is 6. The van der Waals surface area contributed by atoms with Crippen LogP contribution >= 0.6 is 35.9 Å². The van der Waals surface area contributed by atoms with Crippen molar-refractivity contribution in [2.45, 2.75) is 14.7 Å². The monoisotopic (exact) mass is 878 g/mol. The largest absolute Gasteiger partial charge is 1.00 e. The molecular weight excluding hydrogens is 861 g/mol. The molecule has 0 unspecified atom stereocenters. The summed E-state index contributed by atoms with van der Waals surface area (Å²) >= 11 is 7.27. The number of pyridine rings is 1. The van der Waals surface area contributed by atoms with Crippen molar-refractivity contribution in [2.75, 3.05) is 16.0 Å². The molecule has 0 radical (unpaired) electrons. The van der Waals surface area contributed by atoms with Crippen LogP contribution in [0.5, 0.6) is 6.01 Å². The summed E-state index contributed by atoms with van der Waals surface area (Å²) in [6.45, 7) is 0. The predicted octanol–water partition coefficient (Wildman–Crippen LogP) is -4.68. The average Bonchev–Trinajstić information content (AvgIpc) is 3.14. The zero-order valence-corrected chi connectivity index (χ0v) is 38.7. The first kappa shape index (κ1) is 47.4. The molecule has 0 aliphatic heterocycles. The molecule has 2 aromatic heterocycles. The minimum Gasteiger partial charge on any atom is -0.744 e. The Balaban J connectivity index is 0.00000240. The van der Waals surface area contributed by atoms with Crippen molar-refractivity contribution in [3.63, 3.8) is 0 Å². The third-order valence-corrected chi connectivity index (χ3v) is 10.3. The van der Waals surface area contributed by atoms with E-state index in [2.05, 4.69) is 44.7 Å². The van der Waals surface area contributed by atoms with Crippen LogP contribution in [0, 0.1) is 0 Å². The molecule has 1 aliphatic rings. The van der Waals surface area contributed by atoms with Crippen LogP contribution in [0.4, 0.5) is 34.4 Å². The van der Waals surface area contributed by atoms with Crippen LogP contribution in [0.1, 0.15) is 15.9 Å². The summed E-state index contributed by atoms with van der Waals surface area (Å²) < 4.78 is 44.8. The molecule has 6 aromatic rings. The smallest absolute Gasteiger partial charge is 0.744 e. The van der Waals surface area contributed by atoms with E-state index in [9.17, 15) is 38.2 Å². The van der Waals surface area contributed by atoms with Crippen molar-refractivity contribution in [1.29, 1.82) is 0 Å². The first-order chi connectivity index (χ1) is 25.9. The van der Waals surface area contributed by atoms with Gasteiger partial charge in [-0.3, -0.25) is 19.7 Å². The molecule has 0 saturated heterocycles. The van der Waals surface area contributed by atoms with Crippen LogP contribution in [0.25, 0.3) is 22.0 Å². The molecule has 0 spiro atoms. The van der Waals surface area contributed by atoms with Crippen LogP contribution in [0.15, 0.2) is 104 Å². The fraction of sp³-hybridized carbons (Fsp3) is 0. The number of aromatic hydroxyl groups is 1. The van der Waals surface area contributed by atoms with Gasteiger partial charge in [0.15, 0.2) is 5.78 Å². The van der Waals surface area contributed by atoms with Gasteiger partial charge >= 0.3 is 94.7 Å². The molecule has 0 saturated carbocycles. The second kappa shape index (κ2) is 20.3. The molecule has 4 aromatic carbocycles. The van der Waals surface area contributed by atoms with Gasteiger partial charge < -0.3 is 36.1 Å². The second-order valence-corrected chi connectivity index (χ2v) is 14.2. The molecular formula is C32H18ClN6Na3O12S3. The fourth-order valence-corrected chi connectivity index (χ4v) is 7.30. The van der Waals surface area contributed by atoms with Crippen molar-refractivity contribution >= 4 is 97.1 Å². The molecule has 1 aliphatic carbocycles. The van der Waals surface area contributed by atoms with Crippen molar-refractivity contribution in [3.05, 3.63) is 106 Å². The molecule has 0 atom stereocenters. The zero-order chi connectivity index (χ0) is 38.1. The predicted molar refractivity (Wildman–Crippen MR) is 189 cm³/mol. The van der Waals surface area contributed by atoms with Crippen LogP contribution < -0.4 is 121 Å². The maximum Gasteiger partial charge on any atom is 1.00 e. The van der Waals surface area contributed by atoms with E-state index in [1.807, 2.05) is 0 Å². The third kappa shape index (κ3) is 10.4. The number of benzene rings is 4. The number of rotatable bonds is 13. The van der Waals surface area contributed by atoms with Gasteiger partial charge in [-0.25, -0.2) is 12.5 Å². The van der Waals surface area contributed by atoms with Crippen molar-refractivity contribution in [3.8, 4) is 17.1 Å². The van der Waals surface area contributed by atoms with Gasteiger partial charge in [-0.2, -0.15) is 18.6 Å². The Kier molecular flexibility index (Phi) is 16.9. The second-order valence-electron chi connectivity index (χ2n) is 11.0. The van der Waals surface area contributed by atoms with Gasteiger partial charge in [0, 0.05) is 40.5 Å². The number of halogens is 1. The first-order valence-corrected chi connectivity index (χ1v) is 18.1. The topological polar surface area (TPSA) is 261 Å². The van der Waals surface area contributed by atoms with E-state index >= 15 is 0 Å². The van der Waals surface area contributed by atoms with Crippen LogP contribution in [-0.2, 0) is 28.9 Å². The number of hydrogen-bond donors (Lipinski definition) is 4.